The molecule has 3 aromatic heterocycles. The van der Waals surface area contributed by atoms with Gasteiger partial charge in [-0.1, -0.05) is 0 Å². The molecule has 1 aromatic carbocycles. The predicted molar refractivity (Wildman–Crippen MR) is 182 cm³/mol. The van der Waals surface area contributed by atoms with Gasteiger partial charge in [0.15, 0.2) is 0 Å². The summed E-state index contributed by atoms with van der Waals surface area (Å²) in [6.45, 7) is 8.31. The first-order chi connectivity index (χ1) is 20.2. The number of benzene rings is 1. The van der Waals surface area contributed by atoms with Crippen LogP contribution in [-0.2, 0) is 29.1 Å². The second-order valence-corrected chi connectivity index (χ2v) is 11.9. The molecule has 5 rings (SSSR count). The first kappa shape index (κ1) is 35.0. The van der Waals surface area contributed by atoms with Crippen molar-refractivity contribution < 1.29 is 14.3 Å². The first-order valence-corrected chi connectivity index (χ1v) is 15.2. The Kier molecular flexibility index (Phi) is 12.0. The van der Waals surface area contributed by atoms with E-state index in [2.05, 4.69) is 16.4 Å². The number of aryl methyl sites for hydroxylation is 2. The van der Waals surface area contributed by atoms with Crippen LogP contribution in [0, 0.1) is 5.41 Å². The van der Waals surface area contributed by atoms with Crippen LogP contribution < -0.4 is 25.4 Å². The molecule has 1 N–H and O–H groups in total. The predicted octanol–water partition coefficient (Wildman–Crippen LogP) is 5.46. The van der Waals surface area contributed by atoms with Crippen molar-refractivity contribution in [1.82, 2.24) is 14.9 Å². The first-order valence-electron chi connectivity index (χ1n) is 14.3. The summed E-state index contributed by atoms with van der Waals surface area (Å²) < 4.78 is 8.55. The van der Waals surface area contributed by atoms with E-state index in [0.717, 1.165) is 34.3 Å². The Morgan fingerprint density at radius 2 is 1.80 bits per heavy atom. The fourth-order valence-corrected chi connectivity index (χ4v) is 6.11. The van der Waals surface area contributed by atoms with Crippen molar-refractivity contribution in [2.75, 3.05) is 36.5 Å². The maximum absolute atomic E-state index is 13.1. The maximum atomic E-state index is 13.1. The zero-order valence-corrected chi connectivity index (χ0v) is 27.8. The van der Waals surface area contributed by atoms with E-state index in [0.29, 0.717) is 49.8 Å². The number of carbonyl (C=O) groups excluding carboxylic acids is 2. The summed E-state index contributed by atoms with van der Waals surface area (Å²) in [5.41, 5.74) is 2.39. The highest BCUT2D eigenvalue weighted by Gasteiger charge is 2.45. The summed E-state index contributed by atoms with van der Waals surface area (Å²) in [5, 5.41) is 6.39. The van der Waals surface area contributed by atoms with Gasteiger partial charge in [0.25, 0.3) is 5.56 Å². The highest BCUT2D eigenvalue weighted by Crippen LogP contribution is 2.40. The van der Waals surface area contributed by atoms with Crippen LogP contribution in [0.25, 0.3) is 10.1 Å². The van der Waals surface area contributed by atoms with Crippen LogP contribution in [-0.4, -0.2) is 48.1 Å². The van der Waals surface area contributed by atoms with Gasteiger partial charge in [-0.25, -0.2) is 0 Å². The molecule has 236 valence electrons. The van der Waals surface area contributed by atoms with Gasteiger partial charge in [-0.2, -0.15) is 0 Å². The van der Waals surface area contributed by atoms with Gasteiger partial charge in [0, 0.05) is 57.3 Å². The number of amides is 2. The number of hydrogen-bond acceptors (Lipinski definition) is 7. The van der Waals surface area contributed by atoms with Gasteiger partial charge < -0.3 is 24.4 Å². The van der Waals surface area contributed by atoms with Gasteiger partial charge in [-0.15, -0.1) is 36.2 Å². The minimum absolute atomic E-state index is 0. The van der Waals surface area contributed by atoms with E-state index in [1.807, 2.05) is 61.1 Å². The quantitative estimate of drug-likeness (QED) is 0.170. The lowest BCUT2D eigenvalue weighted by atomic mass is 9.90. The second kappa shape index (κ2) is 15.0. The van der Waals surface area contributed by atoms with Crippen molar-refractivity contribution in [2.45, 2.75) is 46.7 Å². The molecule has 1 aliphatic rings. The number of aromatic nitrogens is 2. The largest absolute Gasteiger partial charge is 0.493 e. The number of halogens is 2. The van der Waals surface area contributed by atoms with Gasteiger partial charge in [0.05, 0.1) is 22.7 Å². The molecule has 1 aliphatic heterocycles. The number of hydrogen-bond donors (Lipinski definition) is 1. The number of rotatable bonds is 11. The van der Waals surface area contributed by atoms with Crippen molar-refractivity contribution >= 4 is 69.4 Å². The number of carbonyl (C=O) groups is 2. The number of fused-ring (bicyclic) bond motifs is 2. The molecule has 4 aromatic rings. The number of ether oxygens (including phenoxy) is 1. The SMILES string of the molecule is CCN1C(=O)C(C)(C)C(=O)N(C)c2cc(OCCCNCc3ccnc(CCn4ccc5ccsc5c4=O)c3)ccc21.Cl.Cl. The van der Waals surface area contributed by atoms with E-state index in [1.54, 1.807) is 35.3 Å². The van der Waals surface area contributed by atoms with E-state index >= 15 is 0 Å². The smallest absolute Gasteiger partial charge is 0.268 e. The third kappa shape index (κ3) is 7.26. The molecule has 0 aliphatic carbocycles. The molecule has 0 saturated heterocycles. The minimum Gasteiger partial charge on any atom is -0.493 e. The van der Waals surface area contributed by atoms with Gasteiger partial charge in [-0.05, 0) is 86.5 Å². The summed E-state index contributed by atoms with van der Waals surface area (Å²) >= 11 is 1.48. The monoisotopic (exact) mass is 659 g/mol. The van der Waals surface area contributed by atoms with E-state index in [4.69, 9.17) is 4.74 Å². The molecule has 0 radical (unpaired) electrons. The third-order valence-corrected chi connectivity index (χ3v) is 8.62. The molecular weight excluding hydrogens is 621 g/mol. The summed E-state index contributed by atoms with van der Waals surface area (Å²) in [6.07, 6.45) is 5.15. The standard InChI is InChI=1S/C32H37N5O4S.2ClH/c1-5-37-26-8-7-25(20-27(26)35(4)30(39)32(2,3)31(37)40)41-17-6-13-33-21-22-9-14-34-24(19-22)11-16-36-15-10-23-12-18-42-28(23)29(36)38;;/h7-10,12,14-15,18-20,33H,5-6,11,13,16-17,21H2,1-4H3;2*1H. The number of nitrogens with one attached hydrogen (secondary N) is 1. The summed E-state index contributed by atoms with van der Waals surface area (Å²) in [4.78, 5) is 46.5. The molecule has 9 nitrogen and oxygen atoms in total. The number of pyridine rings is 2. The minimum atomic E-state index is -1.13. The van der Waals surface area contributed by atoms with Gasteiger partial charge >= 0.3 is 0 Å². The van der Waals surface area contributed by atoms with Crippen molar-refractivity contribution in [2.24, 2.45) is 5.41 Å². The summed E-state index contributed by atoms with van der Waals surface area (Å²) in [5.74, 6) is 0.222. The molecule has 0 saturated carbocycles. The van der Waals surface area contributed by atoms with E-state index in [1.165, 1.54) is 11.3 Å². The number of thiophene rings is 1. The van der Waals surface area contributed by atoms with Crippen molar-refractivity contribution in [3.63, 3.8) is 0 Å². The summed E-state index contributed by atoms with van der Waals surface area (Å²) in [6, 6.07) is 13.6. The normalized spacial score (nSPS) is 14.1. The molecule has 0 atom stereocenters. The third-order valence-electron chi connectivity index (χ3n) is 7.70. The van der Waals surface area contributed by atoms with E-state index in [-0.39, 0.29) is 42.2 Å². The van der Waals surface area contributed by atoms with Crippen LogP contribution in [0.15, 0.2) is 65.0 Å². The van der Waals surface area contributed by atoms with Crippen LogP contribution in [0.3, 0.4) is 0 Å². The lowest BCUT2D eigenvalue weighted by Crippen LogP contribution is -2.47. The number of anilines is 2. The second-order valence-electron chi connectivity index (χ2n) is 11.0. The Morgan fingerprint density at radius 3 is 2.57 bits per heavy atom. The average molecular weight is 661 g/mol. The topological polar surface area (TPSA) is 96.8 Å². The van der Waals surface area contributed by atoms with Crippen LogP contribution in [0.1, 0.15) is 38.4 Å². The van der Waals surface area contributed by atoms with Crippen molar-refractivity contribution in [1.29, 1.82) is 0 Å². The van der Waals surface area contributed by atoms with Crippen LogP contribution in [0.4, 0.5) is 11.4 Å². The van der Waals surface area contributed by atoms with Crippen LogP contribution in [0.5, 0.6) is 5.75 Å². The molecular formula is C32H39Cl2N5O4S. The molecule has 12 heteroatoms. The van der Waals surface area contributed by atoms with Gasteiger partial charge in [0.2, 0.25) is 11.8 Å². The van der Waals surface area contributed by atoms with E-state index < -0.39 is 5.41 Å². The fraction of sp³-hybridized carbons (Fsp3) is 0.375. The Bertz CT molecular complexity index is 1670. The van der Waals surface area contributed by atoms with Gasteiger partial charge in [0.1, 0.15) is 11.2 Å². The Labute approximate surface area is 274 Å². The summed E-state index contributed by atoms with van der Waals surface area (Å²) in [7, 11) is 1.71. The maximum Gasteiger partial charge on any atom is 0.268 e. The van der Waals surface area contributed by atoms with Crippen molar-refractivity contribution in [3.8, 4) is 5.75 Å². The zero-order chi connectivity index (χ0) is 29.9. The van der Waals surface area contributed by atoms with Crippen LogP contribution >= 0.6 is 36.2 Å². The molecule has 2 amide bonds. The van der Waals surface area contributed by atoms with Crippen molar-refractivity contribution in [3.05, 3.63) is 81.8 Å². The molecule has 0 spiro atoms. The highest BCUT2D eigenvalue weighted by atomic mass is 35.5. The average Bonchev–Trinajstić information content (AvgIpc) is 3.47. The molecule has 44 heavy (non-hydrogen) atoms. The highest BCUT2D eigenvalue weighted by molar-refractivity contribution is 7.17. The lowest BCUT2D eigenvalue weighted by molar-refractivity contribution is -0.137. The Balaban J connectivity index is 0.00000264. The number of nitrogens with zero attached hydrogens (tertiary/aromatic N) is 4. The van der Waals surface area contributed by atoms with Gasteiger partial charge in [-0.3, -0.25) is 19.4 Å². The fourth-order valence-electron chi connectivity index (χ4n) is 5.27. The molecule has 0 unspecified atom stereocenters. The zero-order valence-electron chi connectivity index (χ0n) is 25.4. The molecule has 0 bridgehead atoms. The van der Waals surface area contributed by atoms with E-state index in [9.17, 15) is 14.4 Å². The van der Waals surface area contributed by atoms with Crippen LogP contribution in [0.2, 0.25) is 0 Å². The molecule has 4 heterocycles. The Morgan fingerprint density at radius 1 is 1.00 bits per heavy atom. The molecule has 0 fully saturated rings. The lowest BCUT2D eigenvalue weighted by Gasteiger charge is -2.27. The Hall–Kier alpha value is -3.44.